The minimum Gasteiger partial charge on any atom is -0.480 e. The highest BCUT2D eigenvalue weighted by Gasteiger charge is 2.24. The highest BCUT2D eigenvalue weighted by molar-refractivity contribution is 5.82. The van der Waals surface area contributed by atoms with Crippen LogP contribution in [0.3, 0.4) is 0 Å². The molecule has 0 aromatic carbocycles. The summed E-state index contributed by atoms with van der Waals surface area (Å²) >= 11 is 0. The summed E-state index contributed by atoms with van der Waals surface area (Å²) in [5.74, 6) is -0.776. The van der Waals surface area contributed by atoms with E-state index in [-0.39, 0.29) is 11.5 Å². The van der Waals surface area contributed by atoms with Gasteiger partial charge in [-0.05, 0) is 32.6 Å². The van der Waals surface area contributed by atoms with Crippen molar-refractivity contribution in [3.8, 4) is 0 Å². The molecule has 0 aliphatic rings. The van der Waals surface area contributed by atoms with Gasteiger partial charge in [-0.1, -0.05) is 27.2 Å². The largest absolute Gasteiger partial charge is 0.480 e. The summed E-state index contributed by atoms with van der Waals surface area (Å²) in [5.41, 5.74) is -0.320. The minimum atomic E-state index is -0.993. The first-order chi connectivity index (χ1) is 8.18. The van der Waals surface area contributed by atoms with Crippen molar-refractivity contribution >= 4 is 12.0 Å². The lowest BCUT2D eigenvalue weighted by molar-refractivity contribution is -0.139. The summed E-state index contributed by atoms with van der Waals surface area (Å²) in [4.78, 5) is 22.8. The predicted molar refractivity (Wildman–Crippen MR) is 71.5 cm³/mol. The number of rotatable bonds is 7. The maximum Gasteiger partial charge on any atom is 0.326 e. The Morgan fingerprint density at radius 3 is 2.22 bits per heavy atom. The molecule has 0 fully saturated rings. The molecule has 0 radical (unpaired) electrons. The highest BCUT2D eigenvalue weighted by atomic mass is 16.4. The number of carbonyl (C=O) groups excluding carboxylic acids is 1. The Morgan fingerprint density at radius 2 is 1.83 bits per heavy atom. The van der Waals surface area contributed by atoms with Gasteiger partial charge in [-0.3, -0.25) is 0 Å². The molecule has 3 N–H and O–H groups in total. The average Bonchev–Trinajstić information content (AvgIpc) is 2.14. The molecule has 5 nitrogen and oxygen atoms in total. The van der Waals surface area contributed by atoms with Crippen molar-refractivity contribution in [3.63, 3.8) is 0 Å². The minimum absolute atomic E-state index is 0.218. The average molecular weight is 258 g/mol. The Bertz CT molecular complexity index is 288. The van der Waals surface area contributed by atoms with Gasteiger partial charge >= 0.3 is 12.0 Å². The van der Waals surface area contributed by atoms with E-state index in [0.29, 0.717) is 6.42 Å². The van der Waals surface area contributed by atoms with E-state index in [1.54, 1.807) is 0 Å². The molecule has 0 saturated carbocycles. The van der Waals surface area contributed by atoms with Gasteiger partial charge in [0.15, 0.2) is 0 Å². The number of carbonyl (C=O) groups is 2. The van der Waals surface area contributed by atoms with E-state index in [1.165, 1.54) is 0 Å². The van der Waals surface area contributed by atoms with Gasteiger partial charge in [0.05, 0.1) is 0 Å². The van der Waals surface area contributed by atoms with Crippen LogP contribution in [0, 0.1) is 5.92 Å². The molecule has 0 bridgehead atoms. The van der Waals surface area contributed by atoms with Gasteiger partial charge < -0.3 is 15.7 Å². The monoisotopic (exact) mass is 258 g/mol. The summed E-state index contributed by atoms with van der Waals surface area (Å²) in [7, 11) is 0. The highest BCUT2D eigenvalue weighted by Crippen LogP contribution is 2.11. The van der Waals surface area contributed by atoms with Crippen LogP contribution in [-0.2, 0) is 4.79 Å². The summed E-state index contributed by atoms with van der Waals surface area (Å²) in [6.45, 7) is 9.75. The third-order valence-electron chi connectivity index (χ3n) is 2.64. The first-order valence-electron chi connectivity index (χ1n) is 6.49. The SMILES string of the molecule is CCCC(C)(C)NC(=O)N[C@@H](CC(C)C)C(=O)O. The van der Waals surface area contributed by atoms with Crippen molar-refractivity contribution in [2.24, 2.45) is 5.92 Å². The Labute approximate surface area is 109 Å². The van der Waals surface area contributed by atoms with Crippen LogP contribution in [-0.4, -0.2) is 28.7 Å². The topological polar surface area (TPSA) is 78.4 Å². The molecule has 106 valence electrons. The summed E-state index contributed by atoms with van der Waals surface area (Å²) in [6, 6.07) is -1.25. The normalized spacial score (nSPS) is 13.2. The predicted octanol–water partition coefficient (Wildman–Crippen LogP) is 2.36. The lowest BCUT2D eigenvalue weighted by Gasteiger charge is -2.27. The number of carboxylic acid groups (broad SMARTS) is 1. The molecule has 1 atom stereocenters. The van der Waals surface area contributed by atoms with Gasteiger partial charge in [-0.25, -0.2) is 9.59 Å². The van der Waals surface area contributed by atoms with Crippen molar-refractivity contribution < 1.29 is 14.7 Å². The molecule has 0 spiro atoms. The number of aliphatic carboxylic acids is 1. The van der Waals surface area contributed by atoms with Crippen LogP contribution in [0.5, 0.6) is 0 Å². The molecule has 18 heavy (non-hydrogen) atoms. The van der Waals surface area contributed by atoms with Gasteiger partial charge in [-0.15, -0.1) is 0 Å². The Morgan fingerprint density at radius 1 is 1.28 bits per heavy atom. The molecule has 0 heterocycles. The van der Waals surface area contributed by atoms with Gasteiger partial charge in [0.1, 0.15) is 6.04 Å². The molecule has 0 rings (SSSR count). The van der Waals surface area contributed by atoms with E-state index in [9.17, 15) is 9.59 Å². The van der Waals surface area contributed by atoms with Gasteiger partial charge in [0, 0.05) is 5.54 Å². The van der Waals surface area contributed by atoms with Crippen LogP contribution in [0.2, 0.25) is 0 Å². The molecule has 0 aromatic rings. The van der Waals surface area contributed by atoms with Crippen LogP contribution in [0.1, 0.15) is 53.9 Å². The zero-order valence-electron chi connectivity index (χ0n) is 12.0. The second kappa shape index (κ2) is 7.24. The van der Waals surface area contributed by atoms with Crippen molar-refractivity contribution in [2.75, 3.05) is 0 Å². The third-order valence-corrected chi connectivity index (χ3v) is 2.64. The fraction of sp³-hybridized carbons (Fsp3) is 0.846. The number of hydrogen-bond donors (Lipinski definition) is 3. The zero-order chi connectivity index (χ0) is 14.3. The molecule has 0 aliphatic heterocycles. The van der Waals surface area contributed by atoms with Crippen LogP contribution in [0.4, 0.5) is 4.79 Å². The van der Waals surface area contributed by atoms with E-state index < -0.39 is 18.0 Å². The lowest BCUT2D eigenvalue weighted by atomic mass is 9.99. The number of amides is 2. The number of hydrogen-bond acceptors (Lipinski definition) is 2. The van der Waals surface area contributed by atoms with E-state index in [0.717, 1.165) is 12.8 Å². The molecule has 0 saturated heterocycles. The molecule has 0 aliphatic carbocycles. The van der Waals surface area contributed by atoms with E-state index >= 15 is 0 Å². The van der Waals surface area contributed by atoms with Gasteiger partial charge in [0.25, 0.3) is 0 Å². The van der Waals surface area contributed by atoms with Crippen LogP contribution >= 0.6 is 0 Å². The van der Waals surface area contributed by atoms with Crippen molar-refractivity contribution in [2.45, 2.75) is 65.5 Å². The third kappa shape index (κ3) is 7.14. The van der Waals surface area contributed by atoms with E-state index in [4.69, 9.17) is 5.11 Å². The van der Waals surface area contributed by atoms with Crippen LogP contribution in [0.15, 0.2) is 0 Å². The maximum atomic E-state index is 11.7. The number of carboxylic acids is 1. The Balaban J connectivity index is 4.38. The molecular weight excluding hydrogens is 232 g/mol. The number of urea groups is 1. The number of nitrogens with one attached hydrogen (secondary N) is 2. The fourth-order valence-corrected chi connectivity index (χ4v) is 1.88. The second-order valence-electron chi connectivity index (χ2n) is 5.75. The van der Waals surface area contributed by atoms with Crippen molar-refractivity contribution in [1.29, 1.82) is 0 Å². The van der Waals surface area contributed by atoms with Crippen LogP contribution in [0.25, 0.3) is 0 Å². The molecule has 0 aromatic heterocycles. The van der Waals surface area contributed by atoms with Crippen molar-refractivity contribution in [3.05, 3.63) is 0 Å². The molecule has 2 amide bonds. The second-order valence-corrected chi connectivity index (χ2v) is 5.75. The molecule has 0 unspecified atom stereocenters. The summed E-state index contributed by atoms with van der Waals surface area (Å²) in [6.07, 6.45) is 2.24. The van der Waals surface area contributed by atoms with Crippen LogP contribution < -0.4 is 10.6 Å². The maximum absolute atomic E-state index is 11.7. The Kier molecular flexibility index (Phi) is 6.73. The lowest BCUT2D eigenvalue weighted by Crippen LogP contribution is -2.53. The standard InChI is InChI=1S/C13H26N2O3/c1-6-7-13(4,5)15-12(18)14-10(11(16)17)8-9(2)3/h9-10H,6-8H2,1-5H3,(H,16,17)(H2,14,15,18)/t10-/m0/s1. The van der Waals surface area contributed by atoms with E-state index in [2.05, 4.69) is 10.6 Å². The van der Waals surface area contributed by atoms with E-state index in [1.807, 2.05) is 34.6 Å². The quantitative estimate of drug-likeness (QED) is 0.656. The first-order valence-corrected chi connectivity index (χ1v) is 6.49. The fourth-order valence-electron chi connectivity index (χ4n) is 1.88. The van der Waals surface area contributed by atoms with Gasteiger partial charge in [0.2, 0.25) is 0 Å². The summed E-state index contributed by atoms with van der Waals surface area (Å²) < 4.78 is 0. The van der Waals surface area contributed by atoms with Crippen molar-refractivity contribution in [1.82, 2.24) is 10.6 Å². The van der Waals surface area contributed by atoms with Gasteiger partial charge in [-0.2, -0.15) is 0 Å². The molecular formula is C13H26N2O3. The smallest absolute Gasteiger partial charge is 0.326 e. The first kappa shape index (κ1) is 16.7. The Hall–Kier alpha value is -1.26. The zero-order valence-corrected chi connectivity index (χ0v) is 12.0. The summed E-state index contributed by atoms with van der Waals surface area (Å²) in [5, 5.41) is 14.3. The molecule has 5 heteroatoms.